The fourth-order valence-corrected chi connectivity index (χ4v) is 2.81. The van der Waals surface area contributed by atoms with Crippen LogP contribution in [0.3, 0.4) is 0 Å². The number of hydrogen-bond acceptors (Lipinski definition) is 4. The smallest absolute Gasteiger partial charge is 0.182 e. The molecule has 0 aliphatic carbocycles. The Kier molecular flexibility index (Phi) is 3.90. The van der Waals surface area contributed by atoms with Crippen LogP contribution in [0.25, 0.3) is 11.2 Å². The fraction of sp³-hybridized carbons (Fsp3) is 0.105. The highest BCUT2D eigenvalue weighted by molar-refractivity contribution is 5.82. The lowest BCUT2D eigenvalue weighted by molar-refractivity contribution is 0.785. The standard InChI is InChI=1S/C19H17N5/c1-3-7-15(8-4-1)11-24(12-16-9-5-2-6-10-16)19-17-18(21-13-20-17)22-14-23-19/h1-10,13-14H,11-12H2,(H,20,21,22,23). The molecule has 118 valence electrons. The number of rotatable bonds is 5. The third-order valence-corrected chi connectivity index (χ3v) is 3.94. The highest BCUT2D eigenvalue weighted by Gasteiger charge is 2.15. The maximum absolute atomic E-state index is 4.52. The lowest BCUT2D eigenvalue weighted by Crippen LogP contribution is -2.23. The van der Waals surface area contributed by atoms with Crippen LogP contribution in [0.4, 0.5) is 5.82 Å². The van der Waals surface area contributed by atoms with E-state index in [1.54, 1.807) is 12.7 Å². The van der Waals surface area contributed by atoms with Crippen LogP contribution in [-0.2, 0) is 13.1 Å². The van der Waals surface area contributed by atoms with Gasteiger partial charge in [0.1, 0.15) is 11.8 Å². The number of hydrogen-bond donors (Lipinski definition) is 1. The molecule has 0 spiro atoms. The maximum Gasteiger partial charge on any atom is 0.182 e. The quantitative estimate of drug-likeness (QED) is 0.612. The van der Waals surface area contributed by atoms with Crippen LogP contribution in [0.5, 0.6) is 0 Å². The van der Waals surface area contributed by atoms with E-state index in [1.165, 1.54) is 11.1 Å². The van der Waals surface area contributed by atoms with Gasteiger partial charge in [-0.25, -0.2) is 15.0 Å². The number of anilines is 1. The molecule has 2 heterocycles. The van der Waals surface area contributed by atoms with Gasteiger partial charge in [0, 0.05) is 13.1 Å². The van der Waals surface area contributed by atoms with Crippen LogP contribution >= 0.6 is 0 Å². The Balaban J connectivity index is 1.73. The zero-order valence-electron chi connectivity index (χ0n) is 13.1. The van der Waals surface area contributed by atoms with Gasteiger partial charge in [0.15, 0.2) is 11.5 Å². The number of aromatic nitrogens is 4. The van der Waals surface area contributed by atoms with E-state index >= 15 is 0 Å². The van der Waals surface area contributed by atoms with E-state index in [9.17, 15) is 0 Å². The van der Waals surface area contributed by atoms with Crippen LogP contribution in [0.1, 0.15) is 11.1 Å². The van der Waals surface area contributed by atoms with Gasteiger partial charge in [-0.1, -0.05) is 60.7 Å². The molecule has 0 saturated carbocycles. The number of nitrogens with one attached hydrogen (secondary N) is 1. The van der Waals surface area contributed by atoms with E-state index in [1.807, 2.05) is 12.1 Å². The second kappa shape index (κ2) is 6.50. The van der Waals surface area contributed by atoms with Crippen molar-refractivity contribution in [3.63, 3.8) is 0 Å². The average molecular weight is 315 g/mol. The van der Waals surface area contributed by atoms with Crippen LogP contribution in [0, 0.1) is 0 Å². The van der Waals surface area contributed by atoms with Gasteiger partial charge in [-0.05, 0) is 11.1 Å². The molecule has 0 bridgehead atoms. The molecule has 0 unspecified atom stereocenters. The molecule has 0 aliphatic heterocycles. The summed E-state index contributed by atoms with van der Waals surface area (Å²) in [5, 5.41) is 0. The molecule has 0 aliphatic rings. The molecule has 24 heavy (non-hydrogen) atoms. The Hall–Kier alpha value is -3.21. The van der Waals surface area contributed by atoms with Crippen molar-refractivity contribution in [2.24, 2.45) is 0 Å². The molecule has 0 amide bonds. The van der Waals surface area contributed by atoms with E-state index < -0.39 is 0 Å². The highest BCUT2D eigenvalue weighted by atomic mass is 15.2. The highest BCUT2D eigenvalue weighted by Crippen LogP contribution is 2.23. The van der Waals surface area contributed by atoms with Gasteiger partial charge in [0.05, 0.1) is 6.33 Å². The van der Waals surface area contributed by atoms with Crippen molar-refractivity contribution in [3.05, 3.63) is 84.4 Å². The molecule has 2 aromatic heterocycles. The molecule has 0 saturated heterocycles. The molecule has 5 nitrogen and oxygen atoms in total. The van der Waals surface area contributed by atoms with Crippen molar-refractivity contribution in [3.8, 4) is 0 Å². The summed E-state index contributed by atoms with van der Waals surface area (Å²) in [6.45, 7) is 1.53. The molecule has 5 heteroatoms. The number of H-pyrrole nitrogens is 1. The topological polar surface area (TPSA) is 57.7 Å². The van der Waals surface area contributed by atoms with Crippen LogP contribution in [0.15, 0.2) is 73.3 Å². The Labute approximate surface area is 140 Å². The summed E-state index contributed by atoms with van der Waals surface area (Å²) >= 11 is 0. The molecule has 0 fully saturated rings. The van der Waals surface area contributed by atoms with E-state index in [2.05, 4.69) is 73.4 Å². The molecule has 0 atom stereocenters. The predicted molar refractivity (Wildman–Crippen MR) is 94.5 cm³/mol. The van der Waals surface area contributed by atoms with E-state index in [0.717, 1.165) is 24.4 Å². The lowest BCUT2D eigenvalue weighted by Gasteiger charge is -2.24. The monoisotopic (exact) mass is 315 g/mol. The van der Waals surface area contributed by atoms with Gasteiger partial charge in [-0.2, -0.15) is 0 Å². The molecule has 4 rings (SSSR count). The second-order valence-electron chi connectivity index (χ2n) is 5.63. The third-order valence-electron chi connectivity index (χ3n) is 3.94. The molecule has 2 aromatic carbocycles. The Morgan fingerprint density at radius 3 is 2.00 bits per heavy atom. The van der Waals surface area contributed by atoms with E-state index in [4.69, 9.17) is 0 Å². The lowest BCUT2D eigenvalue weighted by atomic mass is 10.1. The number of imidazole rings is 1. The van der Waals surface area contributed by atoms with Crippen molar-refractivity contribution >= 4 is 17.0 Å². The van der Waals surface area contributed by atoms with Gasteiger partial charge in [-0.3, -0.25) is 0 Å². The number of aromatic amines is 1. The van der Waals surface area contributed by atoms with Gasteiger partial charge < -0.3 is 9.88 Å². The number of benzene rings is 2. The largest absolute Gasteiger partial charge is 0.346 e. The number of nitrogens with zero attached hydrogens (tertiary/aromatic N) is 4. The molecule has 0 radical (unpaired) electrons. The summed E-state index contributed by atoms with van der Waals surface area (Å²) in [5.74, 6) is 0.866. The molecular formula is C19H17N5. The van der Waals surface area contributed by atoms with Crippen LogP contribution in [-0.4, -0.2) is 19.9 Å². The van der Waals surface area contributed by atoms with Crippen molar-refractivity contribution < 1.29 is 0 Å². The third kappa shape index (κ3) is 2.96. The van der Waals surface area contributed by atoms with E-state index in [0.29, 0.717) is 5.65 Å². The maximum atomic E-state index is 4.52. The minimum Gasteiger partial charge on any atom is -0.346 e. The summed E-state index contributed by atoms with van der Waals surface area (Å²) in [4.78, 5) is 18.4. The van der Waals surface area contributed by atoms with Crippen molar-refractivity contribution in [2.75, 3.05) is 4.90 Å². The first-order valence-electron chi connectivity index (χ1n) is 7.87. The summed E-state index contributed by atoms with van der Waals surface area (Å²) < 4.78 is 0. The first-order chi connectivity index (χ1) is 11.9. The SMILES string of the molecule is c1ccc(CN(Cc2ccccc2)c2ncnc3nc[nH]c23)cc1. The zero-order chi connectivity index (χ0) is 16.2. The first-order valence-corrected chi connectivity index (χ1v) is 7.87. The van der Waals surface area contributed by atoms with Gasteiger partial charge in [0.25, 0.3) is 0 Å². The zero-order valence-corrected chi connectivity index (χ0v) is 13.1. The minimum absolute atomic E-state index is 0.686. The molecule has 1 N–H and O–H groups in total. The Morgan fingerprint density at radius 2 is 1.38 bits per heavy atom. The molecular weight excluding hydrogens is 298 g/mol. The summed E-state index contributed by atoms with van der Waals surface area (Å²) in [6, 6.07) is 20.8. The van der Waals surface area contributed by atoms with Crippen LogP contribution in [0.2, 0.25) is 0 Å². The second-order valence-corrected chi connectivity index (χ2v) is 5.63. The van der Waals surface area contributed by atoms with Crippen molar-refractivity contribution in [1.82, 2.24) is 19.9 Å². The number of fused-ring (bicyclic) bond motifs is 1. The summed E-state index contributed by atoms with van der Waals surface area (Å²) in [5.41, 5.74) is 4.02. The van der Waals surface area contributed by atoms with Crippen molar-refractivity contribution in [1.29, 1.82) is 0 Å². The summed E-state index contributed by atoms with van der Waals surface area (Å²) in [7, 11) is 0. The summed E-state index contributed by atoms with van der Waals surface area (Å²) in [6.07, 6.45) is 3.23. The normalized spacial score (nSPS) is 10.8. The van der Waals surface area contributed by atoms with Crippen LogP contribution < -0.4 is 4.90 Å². The van der Waals surface area contributed by atoms with Gasteiger partial charge >= 0.3 is 0 Å². The Morgan fingerprint density at radius 1 is 0.750 bits per heavy atom. The minimum atomic E-state index is 0.686. The van der Waals surface area contributed by atoms with E-state index in [-0.39, 0.29) is 0 Å². The Bertz CT molecular complexity index is 877. The fourth-order valence-electron chi connectivity index (χ4n) is 2.81. The van der Waals surface area contributed by atoms with Crippen molar-refractivity contribution in [2.45, 2.75) is 13.1 Å². The molecule has 4 aromatic rings. The predicted octanol–water partition coefficient (Wildman–Crippen LogP) is 3.56. The van der Waals surface area contributed by atoms with Gasteiger partial charge in [-0.15, -0.1) is 0 Å². The average Bonchev–Trinajstić information content (AvgIpc) is 3.12. The van der Waals surface area contributed by atoms with Gasteiger partial charge in [0.2, 0.25) is 0 Å². The first kappa shape index (κ1) is 14.4.